The third-order valence-electron chi connectivity index (χ3n) is 4.56. The molecule has 1 atom stereocenters. The first-order valence-corrected chi connectivity index (χ1v) is 8.69. The lowest BCUT2D eigenvalue weighted by atomic mass is 10.0. The summed E-state index contributed by atoms with van der Waals surface area (Å²) < 4.78 is 20.1. The summed E-state index contributed by atoms with van der Waals surface area (Å²) in [4.78, 5) is 7.23. The van der Waals surface area contributed by atoms with Crippen LogP contribution in [0.4, 0.5) is 4.39 Å². The van der Waals surface area contributed by atoms with Gasteiger partial charge in [-0.2, -0.15) is 0 Å². The Hall–Kier alpha value is -3.18. The highest BCUT2D eigenvalue weighted by molar-refractivity contribution is 5.80. The smallest absolute Gasteiger partial charge is 0.165 e. The first-order valence-electron chi connectivity index (χ1n) is 8.69. The summed E-state index contributed by atoms with van der Waals surface area (Å²) >= 11 is 0. The summed E-state index contributed by atoms with van der Waals surface area (Å²) in [5.74, 6) is -0.344. The van der Waals surface area contributed by atoms with Crippen molar-refractivity contribution >= 4 is 11.0 Å². The Balaban J connectivity index is 1.53. The minimum Gasteiger partial charge on any atom is -0.486 e. The van der Waals surface area contributed by atoms with Gasteiger partial charge in [-0.3, -0.25) is 0 Å². The van der Waals surface area contributed by atoms with Crippen molar-refractivity contribution in [2.75, 3.05) is 0 Å². The van der Waals surface area contributed by atoms with Crippen LogP contribution >= 0.6 is 0 Å². The van der Waals surface area contributed by atoms with Gasteiger partial charge in [0.2, 0.25) is 0 Å². The van der Waals surface area contributed by atoms with Crippen LogP contribution < -0.4 is 4.74 Å². The van der Waals surface area contributed by atoms with E-state index in [-0.39, 0.29) is 12.4 Å². The van der Waals surface area contributed by atoms with Crippen molar-refractivity contribution in [3.8, 4) is 5.75 Å². The number of rotatable bonds is 5. The van der Waals surface area contributed by atoms with Crippen molar-refractivity contribution in [3.63, 3.8) is 0 Å². The number of H-pyrrole nitrogens is 1. The molecular weight excluding hydrogens is 343 g/mol. The topological polar surface area (TPSA) is 58.1 Å². The fraction of sp³-hybridized carbons (Fsp3) is 0.136. The predicted molar refractivity (Wildman–Crippen MR) is 102 cm³/mol. The molecule has 0 aliphatic carbocycles. The van der Waals surface area contributed by atoms with Crippen LogP contribution in [0.1, 0.15) is 28.4 Å². The Morgan fingerprint density at radius 3 is 2.74 bits per heavy atom. The number of aliphatic hydroxyl groups excluding tert-OH is 1. The lowest BCUT2D eigenvalue weighted by molar-refractivity contribution is 0.220. The van der Waals surface area contributed by atoms with Crippen LogP contribution in [0.25, 0.3) is 11.0 Å². The summed E-state index contributed by atoms with van der Waals surface area (Å²) in [5, 5.41) is 11.5. The number of aliphatic hydroxyl groups is 1. The predicted octanol–water partition coefficient (Wildman–Crippen LogP) is 4.67. The fourth-order valence-electron chi connectivity index (χ4n) is 3.03. The van der Waals surface area contributed by atoms with E-state index in [2.05, 4.69) is 9.97 Å². The number of fused-ring (bicyclic) bond motifs is 1. The fourth-order valence-corrected chi connectivity index (χ4v) is 3.03. The van der Waals surface area contributed by atoms with Crippen LogP contribution in [0.5, 0.6) is 5.75 Å². The molecule has 0 spiro atoms. The number of benzene rings is 2. The first kappa shape index (κ1) is 17.2. The highest BCUT2D eigenvalue weighted by atomic mass is 19.1. The molecule has 0 aliphatic rings. The van der Waals surface area contributed by atoms with Crippen LogP contribution in [-0.2, 0) is 6.61 Å². The second kappa shape index (κ2) is 7.21. The molecule has 136 valence electrons. The number of aromatic amines is 1. The van der Waals surface area contributed by atoms with E-state index < -0.39 is 11.9 Å². The van der Waals surface area contributed by atoms with Gasteiger partial charge in [0.1, 0.15) is 18.4 Å². The second-order valence-corrected chi connectivity index (χ2v) is 6.51. The molecule has 0 aliphatic heterocycles. The Morgan fingerprint density at radius 2 is 1.96 bits per heavy atom. The quantitative estimate of drug-likeness (QED) is 0.542. The van der Waals surface area contributed by atoms with Crippen LogP contribution in [0.2, 0.25) is 0 Å². The molecule has 0 amide bonds. The molecule has 0 saturated heterocycles. The first-order chi connectivity index (χ1) is 13.1. The minimum atomic E-state index is -0.955. The van der Waals surface area contributed by atoms with Crippen LogP contribution in [0.3, 0.4) is 0 Å². The van der Waals surface area contributed by atoms with E-state index in [0.717, 1.165) is 16.5 Å². The maximum absolute atomic E-state index is 14.5. The Kier molecular flexibility index (Phi) is 4.60. The van der Waals surface area contributed by atoms with E-state index in [0.29, 0.717) is 16.8 Å². The van der Waals surface area contributed by atoms with Gasteiger partial charge in [-0.25, -0.2) is 9.37 Å². The van der Waals surface area contributed by atoms with E-state index in [9.17, 15) is 9.50 Å². The molecule has 0 bridgehead atoms. The summed E-state index contributed by atoms with van der Waals surface area (Å²) in [7, 11) is 0. The molecule has 0 saturated carbocycles. The molecule has 4 aromatic rings. The lowest BCUT2D eigenvalue weighted by Crippen LogP contribution is -2.02. The highest BCUT2D eigenvalue weighted by Gasteiger charge is 2.17. The summed E-state index contributed by atoms with van der Waals surface area (Å²) in [6, 6.07) is 16.1. The van der Waals surface area contributed by atoms with Crippen molar-refractivity contribution in [1.29, 1.82) is 0 Å². The van der Waals surface area contributed by atoms with Gasteiger partial charge < -0.3 is 14.8 Å². The molecule has 2 N–H and O–H groups in total. The molecule has 5 heteroatoms. The zero-order valence-electron chi connectivity index (χ0n) is 14.8. The van der Waals surface area contributed by atoms with Crippen molar-refractivity contribution in [2.45, 2.75) is 19.6 Å². The number of halogens is 1. The highest BCUT2D eigenvalue weighted by Crippen LogP contribution is 2.30. The van der Waals surface area contributed by atoms with Gasteiger partial charge in [-0.1, -0.05) is 35.9 Å². The van der Waals surface area contributed by atoms with E-state index in [1.165, 1.54) is 6.07 Å². The number of aromatic nitrogens is 2. The number of nitrogens with one attached hydrogen (secondary N) is 1. The van der Waals surface area contributed by atoms with E-state index in [1.54, 1.807) is 30.6 Å². The Bertz CT molecular complexity index is 1070. The van der Waals surface area contributed by atoms with Crippen LogP contribution in [-0.4, -0.2) is 15.1 Å². The molecule has 4 rings (SSSR count). The zero-order valence-corrected chi connectivity index (χ0v) is 14.8. The summed E-state index contributed by atoms with van der Waals surface area (Å²) in [6.07, 6.45) is 2.42. The van der Waals surface area contributed by atoms with Gasteiger partial charge in [0.15, 0.2) is 11.6 Å². The molecule has 0 fully saturated rings. The van der Waals surface area contributed by atoms with Crippen LogP contribution in [0.15, 0.2) is 67.0 Å². The molecule has 2 aromatic heterocycles. The molecule has 0 radical (unpaired) electrons. The van der Waals surface area contributed by atoms with E-state index >= 15 is 0 Å². The van der Waals surface area contributed by atoms with E-state index in [4.69, 9.17) is 4.74 Å². The second-order valence-electron chi connectivity index (χ2n) is 6.51. The average molecular weight is 362 g/mol. The van der Waals surface area contributed by atoms with Crippen LogP contribution in [0, 0.1) is 12.7 Å². The molecule has 2 heterocycles. The molecule has 2 aromatic carbocycles. The Morgan fingerprint density at radius 1 is 1.15 bits per heavy atom. The number of pyridine rings is 1. The lowest BCUT2D eigenvalue weighted by Gasteiger charge is -2.13. The van der Waals surface area contributed by atoms with Gasteiger partial charge in [-0.05, 0) is 42.3 Å². The SMILES string of the molecule is Cc1ccc(COc2ccc(C(O)c3c[nH]c4ncccc34)cc2F)cc1. The minimum absolute atomic E-state index is 0.159. The van der Waals surface area contributed by atoms with Gasteiger partial charge in [0.25, 0.3) is 0 Å². The maximum Gasteiger partial charge on any atom is 0.165 e. The number of ether oxygens (including phenoxy) is 1. The Labute approximate surface area is 156 Å². The van der Waals surface area contributed by atoms with Crippen molar-refractivity contribution in [1.82, 2.24) is 9.97 Å². The molecular formula is C22H19FN2O2. The number of nitrogens with zero attached hydrogens (tertiary/aromatic N) is 1. The van der Waals surface area contributed by atoms with Crippen molar-refractivity contribution in [3.05, 3.63) is 95.1 Å². The van der Waals surface area contributed by atoms with Gasteiger partial charge in [0, 0.05) is 23.3 Å². The largest absolute Gasteiger partial charge is 0.486 e. The van der Waals surface area contributed by atoms with Gasteiger partial charge >= 0.3 is 0 Å². The molecule has 1 unspecified atom stereocenters. The normalized spacial score (nSPS) is 12.3. The van der Waals surface area contributed by atoms with E-state index in [1.807, 2.05) is 37.3 Å². The summed E-state index contributed by atoms with van der Waals surface area (Å²) in [5.41, 5.74) is 3.93. The molecule has 4 nitrogen and oxygen atoms in total. The third-order valence-corrected chi connectivity index (χ3v) is 4.56. The number of aryl methyl sites for hydroxylation is 1. The van der Waals surface area contributed by atoms with Gasteiger partial charge in [-0.15, -0.1) is 0 Å². The van der Waals surface area contributed by atoms with Crippen molar-refractivity contribution < 1.29 is 14.2 Å². The average Bonchev–Trinajstić information content (AvgIpc) is 3.12. The standard InChI is InChI=1S/C22H19FN2O2/c1-14-4-6-15(7-5-14)13-27-20-9-8-16(11-19(20)23)21(26)18-12-25-22-17(18)3-2-10-24-22/h2-12,21,26H,13H2,1H3,(H,24,25). The summed E-state index contributed by atoms with van der Waals surface area (Å²) in [6.45, 7) is 2.30. The molecule has 27 heavy (non-hydrogen) atoms. The van der Waals surface area contributed by atoms with Gasteiger partial charge in [0.05, 0.1) is 0 Å². The number of hydrogen-bond acceptors (Lipinski definition) is 3. The zero-order chi connectivity index (χ0) is 18.8. The third kappa shape index (κ3) is 3.55. The van der Waals surface area contributed by atoms with Crippen molar-refractivity contribution in [2.24, 2.45) is 0 Å². The number of hydrogen-bond donors (Lipinski definition) is 2. The maximum atomic E-state index is 14.5. The monoisotopic (exact) mass is 362 g/mol.